The van der Waals surface area contributed by atoms with E-state index in [-0.39, 0.29) is 5.56 Å². The van der Waals surface area contributed by atoms with Gasteiger partial charge < -0.3 is 5.32 Å². The van der Waals surface area contributed by atoms with Gasteiger partial charge in [-0.3, -0.25) is 4.79 Å². The molecule has 0 atom stereocenters. The average molecular weight is 247 g/mol. The predicted octanol–water partition coefficient (Wildman–Crippen LogP) is 2.02. The van der Waals surface area contributed by atoms with Gasteiger partial charge >= 0.3 is 6.18 Å². The third-order valence-electron chi connectivity index (χ3n) is 1.66. The summed E-state index contributed by atoms with van der Waals surface area (Å²) in [6.07, 6.45) is -2.88. The van der Waals surface area contributed by atoms with E-state index in [0.29, 0.717) is 0 Å². The van der Waals surface area contributed by atoms with Crippen molar-refractivity contribution in [2.45, 2.75) is 32.5 Å². The Hall–Kier alpha value is -1.66. The highest BCUT2D eigenvalue weighted by molar-refractivity contribution is 5.93. The molecular weight excluding hydrogens is 235 g/mol. The summed E-state index contributed by atoms with van der Waals surface area (Å²) in [5, 5.41) is 2.59. The van der Waals surface area contributed by atoms with Crippen LogP contribution in [-0.2, 0) is 6.18 Å². The first-order chi connectivity index (χ1) is 7.59. The minimum absolute atomic E-state index is 0.00655. The lowest BCUT2D eigenvalue weighted by Gasteiger charge is -2.20. The number of aromatic nitrogens is 2. The zero-order chi connectivity index (χ0) is 13.3. The summed E-state index contributed by atoms with van der Waals surface area (Å²) in [4.78, 5) is 17.8. The van der Waals surface area contributed by atoms with Crippen LogP contribution in [0, 0.1) is 0 Å². The number of halogens is 3. The summed E-state index contributed by atoms with van der Waals surface area (Å²) in [7, 11) is 0. The van der Waals surface area contributed by atoms with E-state index < -0.39 is 23.4 Å². The summed E-state index contributed by atoms with van der Waals surface area (Å²) in [6.45, 7) is 5.28. The van der Waals surface area contributed by atoms with Crippen molar-refractivity contribution in [3.8, 4) is 0 Å². The van der Waals surface area contributed by atoms with E-state index in [1.807, 2.05) is 0 Å². The lowest BCUT2D eigenvalue weighted by molar-refractivity contribution is -0.145. The number of alkyl halides is 3. The molecule has 0 unspecified atom stereocenters. The zero-order valence-electron chi connectivity index (χ0n) is 9.59. The first-order valence-electron chi connectivity index (χ1n) is 4.81. The molecule has 0 spiro atoms. The zero-order valence-corrected chi connectivity index (χ0v) is 9.59. The molecule has 1 amide bonds. The number of amides is 1. The van der Waals surface area contributed by atoms with Gasteiger partial charge in [0.05, 0.1) is 5.56 Å². The maximum absolute atomic E-state index is 12.2. The summed E-state index contributed by atoms with van der Waals surface area (Å²) in [5.41, 5.74) is -0.479. The molecule has 0 aromatic carbocycles. The van der Waals surface area contributed by atoms with E-state index in [1.54, 1.807) is 20.8 Å². The standard InChI is InChI=1S/C10H12F3N3O/c1-9(2,3)16-7(17)6-4-14-8(15-5-6)10(11,12)13/h4-5H,1-3H3,(H,16,17). The topological polar surface area (TPSA) is 54.9 Å². The molecule has 1 rings (SSSR count). The second kappa shape index (κ2) is 4.31. The van der Waals surface area contributed by atoms with Crippen molar-refractivity contribution in [2.24, 2.45) is 0 Å². The molecule has 1 aromatic heterocycles. The third-order valence-corrected chi connectivity index (χ3v) is 1.66. The van der Waals surface area contributed by atoms with Crippen molar-refractivity contribution in [1.29, 1.82) is 0 Å². The molecule has 0 saturated heterocycles. The van der Waals surface area contributed by atoms with Crippen molar-refractivity contribution in [2.75, 3.05) is 0 Å². The molecule has 94 valence electrons. The van der Waals surface area contributed by atoms with Gasteiger partial charge in [-0.05, 0) is 20.8 Å². The Kier molecular flexibility index (Phi) is 3.40. The van der Waals surface area contributed by atoms with E-state index in [0.717, 1.165) is 12.4 Å². The highest BCUT2D eigenvalue weighted by Gasteiger charge is 2.34. The molecule has 4 nitrogen and oxygen atoms in total. The molecule has 7 heteroatoms. The minimum atomic E-state index is -4.60. The first kappa shape index (κ1) is 13.4. The maximum atomic E-state index is 12.2. The van der Waals surface area contributed by atoms with E-state index in [9.17, 15) is 18.0 Å². The molecule has 0 aliphatic rings. The Labute approximate surface area is 96.3 Å². The normalized spacial score (nSPS) is 12.4. The number of rotatable bonds is 1. The van der Waals surface area contributed by atoms with Crippen LogP contribution in [0.15, 0.2) is 12.4 Å². The summed E-state index contributed by atoms with van der Waals surface area (Å²) in [6, 6.07) is 0. The molecule has 0 saturated carbocycles. The molecule has 0 fully saturated rings. The third kappa shape index (κ3) is 4.01. The van der Waals surface area contributed by atoms with Crippen LogP contribution < -0.4 is 5.32 Å². The Morgan fingerprint density at radius 3 is 2.00 bits per heavy atom. The van der Waals surface area contributed by atoms with Crippen LogP contribution in [0.3, 0.4) is 0 Å². The number of nitrogens with one attached hydrogen (secondary N) is 1. The SMILES string of the molecule is CC(C)(C)NC(=O)c1cnc(C(F)(F)F)nc1. The van der Waals surface area contributed by atoms with Gasteiger partial charge in [0.15, 0.2) is 0 Å². The second-order valence-electron chi connectivity index (χ2n) is 4.50. The summed E-state index contributed by atoms with van der Waals surface area (Å²) in [5.74, 6) is -1.77. The Balaban J connectivity index is 2.85. The molecule has 1 heterocycles. The van der Waals surface area contributed by atoms with Crippen molar-refractivity contribution < 1.29 is 18.0 Å². The van der Waals surface area contributed by atoms with Crippen molar-refractivity contribution in [1.82, 2.24) is 15.3 Å². The van der Waals surface area contributed by atoms with Crippen LogP contribution in [0.2, 0.25) is 0 Å². The Morgan fingerprint density at radius 2 is 1.65 bits per heavy atom. The van der Waals surface area contributed by atoms with Crippen LogP contribution in [0.5, 0.6) is 0 Å². The van der Waals surface area contributed by atoms with Gasteiger partial charge in [-0.25, -0.2) is 9.97 Å². The van der Waals surface area contributed by atoms with E-state index in [1.165, 1.54) is 0 Å². The molecule has 1 aromatic rings. The smallest absolute Gasteiger partial charge is 0.347 e. The molecule has 0 bridgehead atoms. The highest BCUT2D eigenvalue weighted by atomic mass is 19.4. The lowest BCUT2D eigenvalue weighted by atomic mass is 10.1. The molecule has 0 aliphatic heterocycles. The quantitative estimate of drug-likeness (QED) is 0.826. The highest BCUT2D eigenvalue weighted by Crippen LogP contribution is 2.25. The fourth-order valence-corrected chi connectivity index (χ4v) is 1.00. The first-order valence-corrected chi connectivity index (χ1v) is 4.81. The van der Waals surface area contributed by atoms with Crippen molar-refractivity contribution in [3.05, 3.63) is 23.8 Å². The molecule has 17 heavy (non-hydrogen) atoms. The van der Waals surface area contributed by atoms with Crippen LogP contribution in [0.4, 0.5) is 13.2 Å². The van der Waals surface area contributed by atoms with Gasteiger partial charge in [0.2, 0.25) is 5.82 Å². The maximum Gasteiger partial charge on any atom is 0.451 e. The van der Waals surface area contributed by atoms with Gasteiger partial charge in [-0.2, -0.15) is 13.2 Å². The van der Waals surface area contributed by atoms with Crippen LogP contribution >= 0.6 is 0 Å². The van der Waals surface area contributed by atoms with E-state index >= 15 is 0 Å². The second-order valence-corrected chi connectivity index (χ2v) is 4.50. The molecular formula is C10H12F3N3O. The van der Waals surface area contributed by atoms with Gasteiger partial charge in [0.1, 0.15) is 0 Å². The predicted molar refractivity (Wildman–Crippen MR) is 54.3 cm³/mol. The Bertz CT molecular complexity index is 406. The molecule has 1 N–H and O–H groups in total. The summed E-state index contributed by atoms with van der Waals surface area (Å²) >= 11 is 0. The van der Waals surface area contributed by atoms with Gasteiger partial charge in [-0.1, -0.05) is 0 Å². The van der Waals surface area contributed by atoms with Gasteiger partial charge in [0, 0.05) is 17.9 Å². The van der Waals surface area contributed by atoms with Crippen LogP contribution in [-0.4, -0.2) is 21.4 Å². The number of hydrogen-bond acceptors (Lipinski definition) is 3. The molecule has 0 aliphatic carbocycles. The largest absolute Gasteiger partial charge is 0.451 e. The fourth-order valence-electron chi connectivity index (χ4n) is 1.00. The van der Waals surface area contributed by atoms with Crippen molar-refractivity contribution in [3.63, 3.8) is 0 Å². The number of carbonyl (C=O) groups excluding carboxylic acids is 1. The van der Waals surface area contributed by atoms with Gasteiger partial charge in [-0.15, -0.1) is 0 Å². The lowest BCUT2D eigenvalue weighted by Crippen LogP contribution is -2.40. The number of nitrogens with zero attached hydrogens (tertiary/aromatic N) is 2. The average Bonchev–Trinajstić information content (AvgIpc) is 2.14. The van der Waals surface area contributed by atoms with E-state index in [2.05, 4.69) is 15.3 Å². The molecule has 0 radical (unpaired) electrons. The minimum Gasteiger partial charge on any atom is -0.347 e. The van der Waals surface area contributed by atoms with Crippen LogP contribution in [0.1, 0.15) is 37.0 Å². The van der Waals surface area contributed by atoms with E-state index in [4.69, 9.17) is 0 Å². The Morgan fingerprint density at radius 1 is 1.18 bits per heavy atom. The monoisotopic (exact) mass is 247 g/mol. The van der Waals surface area contributed by atoms with Crippen LogP contribution in [0.25, 0.3) is 0 Å². The van der Waals surface area contributed by atoms with Gasteiger partial charge in [0.25, 0.3) is 5.91 Å². The van der Waals surface area contributed by atoms with Crippen molar-refractivity contribution >= 4 is 5.91 Å². The fraction of sp³-hybridized carbons (Fsp3) is 0.500. The summed E-state index contributed by atoms with van der Waals surface area (Å²) < 4.78 is 36.5. The number of carbonyl (C=O) groups is 1. The number of hydrogen-bond donors (Lipinski definition) is 1.